The Balaban J connectivity index is 1.54. The number of halogens is 3. The van der Waals surface area contributed by atoms with Gasteiger partial charge in [-0.1, -0.05) is 18.7 Å². The van der Waals surface area contributed by atoms with Gasteiger partial charge in [-0.25, -0.2) is 18.2 Å². The Hall–Kier alpha value is -5.07. The third kappa shape index (κ3) is 5.71. The maximum Gasteiger partial charge on any atom is 0.246 e. The van der Waals surface area contributed by atoms with Gasteiger partial charge in [0.05, 0.1) is 41.8 Å². The van der Waals surface area contributed by atoms with Crippen LogP contribution in [0.5, 0.6) is 5.75 Å². The Bertz CT molecular complexity index is 2150. The van der Waals surface area contributed by atoms with Gasteiger partial charge in [0.1, 0.15) is 35.5 Å². The van der Waals surface area contributed by atoms with E-state index < -0.39 is 17.5 Å². The zero-order valence-corrected chi connectivity index (χ0v) is 28.3. The number of hydrogen-bond donors (Lipinski definition) is 0. The molecule has 2 aromatic carbocycles. The van der Waals surface area contributed by atoms with Gasteiger partial charge in [0, 0.05) is 73.2 Å². The molecule has 0 spiro atoms. The number of ether oxygens (including phenoxy) is 2. The molecule has 9 nitrogen and oxygen atoms in total. The van der Waals surface area contributed by atoms with E-state index >= 15 is 8.78 Å². The van der Waals surface area contributed by atoms with Crippen molar-refractivity contribution in [1.29, 1.82) is 0 Å². The molecule has 0 saturated heterocycles. The lowest BCUT2D eigenvalue weighted by Gasteiger charge is -2.33. The highest BCUT2D eigenvalue weighted by Crippen LogP contribution is 2.46. The van der Waals surface area contributed by atoms with Crippen molar-refractivity contribution in [3.05, 3.63) is 95.7 Å². The summed E-state index contributed by atoms with van der Waals surface area (Å²) in [5.74, 6) is -2.61. The lowest BCUT2D eigenvalue weighted by atomic mass is 9.90. The Kier molecular flexibility index (Phi) is 8.91. The van der Waals surface area contributed by atoms with Gasteiger partial charge in [-0.05, 0) is 56.1 Å². The van der Waals surface area contributed by atoms with Crippen LogP contribution in [0.15, 0.2) is 61.3 Å². The summed E-state index contributed by atoms with van der Waals surface area (Å²) in [5, 5.41) is 5.38. The SMILES string of the molecule is C=CC(=O)N1CCn2nc(-c3nc(-c4cnc5c(c4)[C@@H](C)N(C)CC5)c4c(F)cccc4c3-c3c(F)cc(F)cc3OCCOC)cc2[C@H]1C. The predicted molar refractivity (Wildman–Crippen MR) is 184 cm³/mol. The van der Waals surface area contributed by atoms with Gasteiger partial charge in [-0.3, -0.25) is 19.4 Å². The molecule has 2 aliphatic heterocycles. The fraction of sp³-hybridized carbons (Fsp3) is 0.316. The van der Waals surface area contributed by atoms with Crippen LogP contribution in [0.1, 0.15) is 42.9 Å². The lowest BCUT2D eigenvalue weighted by Crippen LogP contribution is -2.40. The Labute approximate surface area is 288 Å². The number of amides is 1. The second-order valence-corrected chi connectivity index (χ2v) is 12.7. The molecule has 50 heavy (non-hydrogen) atoms. The maximum absolute atomic E-state index is 16.2. The average molecular weight is 683 g/mol. The van der Waals surface area contributed by atoms with E-state index in [4.69, 9.17) is 24.5 Å². The van der Waals surface area contributed by atoms with E-state index in [9.17, 15) is 9.18 Å². The zero-order chi connectivity index (χ0) is 35.3. The molecule has 3 aromatic heterocycles. The quantitative estimate of drug-likeness (QED) is 0.130. The topological polar surface area (TPSA) is 85.6 Å². The average Bonchev–Trinajstić information content (AvgIpc) is 3.55. The highest BCUT2D eigenvalue weighted by molar-refractivity contribution is 6.09. The van der Waals surface area contributed by atoms with Crippen molar-refractivity contribution in [1.82, 2.24) is 29.5 Å². The van der Waals surface area contributed by atoms with Crippen molar-refractivity contribution >= 4 is 16.7 Å². The predicted octanol–water partition coefficient (Wildman–Crippen LogP) is 6.91. The molecule has 0 radical (unpaired) electrons. The van der Waals surface area contributed by atoms with Crippen molar-refractivity contribution in [2.75, 3.05) is 40.5 Å². The molecule has 5 heterocycles. The largest absolute Gasteiger partial charge is 0.490 e. The zero-order valence-electron chi connectivity index (χ0n) is 28.3. The fourth-order valence-corrected chi connectivity index (χ4v) is 7.07. The molecular formula is C38H37F3N6O3. The summed E-state index contributed by atoms with van der Waals surface area (Å²) in [4.78, 5) is 26.5. The number of methoxy groups -OCH3 is 1. The van der Waals surface area contributed by atoms with Gasteiger partial charge in [-0.15, -0.1) is 0 Å². The lowest BCUT2D eigenvalue weighted by molar-refractivity contribution is -0.129. The van der Waals surface area contributed by atoms with Crippen LogP contribution in [0.3, 0.4) is 0 Å². The standard InChI is InChI=1S/C38H37F3N6O3/c1-6-33(48)46-12-13-47-31(22(46)3)19-30(44-47)38-35(36-28(41)17-24(39)18-32(36)50-15-14-49-5)25-8-7-9-27(40)34(25)37(43-38)23-16-26-21(2)45(4)11-10-29(26)42-20-23/h6-9,16-22H,1,10-15H2,2-5H3/t21-,22-/m1/s1. The Morgan fingerprint density at radius 2 is 1.82 bits per heavy atom. The first-order valence-electron chi connectivity index (χ1n) is 16.5. The molecule has 2 aliphatic rings. The number of carbonyl (C=O) groups excluding carboxylic acids is 1. The second-order valence-electron chi connectivity index (χ2n) is 12.7. The first kappa shape index (κ1) is 33.4. The molecule has 0 N–H and O–H groups in total. The van der Waals surface area contributed by atoms with Crippen molar-refractivity contribution in [2.45, 2.75) is 38.9 Å². The van der Waals surface area contributed by atoms with Crippen LogP contribution in [0, 0.1) is 17.5 Å². The third-order valence-electron chi connectivity index (χ3n) is 9.84. The first-order chi connectivity index (χ1) is 24.1. The molecule has 0 bridgehead atoms. The molecular weight excluding hydrogens is 645 g/mol. The van der Waals surface area contributed by atoms with E-state index in [1.54, 1.807) is 27.9 Å². The molecule has 0 unspecified atom stereocenters. The summed E-state index contributed by atoms with van der Waals surface area (Å²) in [6, 6.07) is 9.96. The van der Waals surface area contributed by atoms with E-state index in [2.05, 4.69) is 25.5 Å². The van der Waals surface area contributed by atoms with Crippen LogP contribution in [0.2, 0.25) is 0 Å². The van der Waals surface area contributed by atoms with Crippen LogP contribution >= 0.6 is 0 Å². The number of likely N-dealkylation sites (N-methyl/N-ethyl adjacent to an activating group) is 1. The minimum atomic E-state index is -0.911. The fourth-order valence-electron chi connectivity index (χ4n) is 7.07. The monoisotopic (exact) mass is 682 g/mol. The number of carbonyl (C=O) groups is 1. The molecule has 0 saturated carbocycles. The number of benzene rings is 2. The first-order valence-corrected chi connectivity index (χ1v) is 16.5. The minimum Gasteiger partial charge on any atom is -0.490 e. The van der Waals surface area contributed by atoms with Crippen LogP contribution < -0.4 is 4.74 Å². The molecule has 1 amide bonds. The highest BCUT2D eigenvalue weighted by atomic mass is 19.1. The van der Waals surface area contributed by atoms with Crippen molar-refractivity contribution in [3.8, 4) is 39.5 Å². The van der Waals surface area contributed by atoms with E-state index in [0.29, 0.717) is 35.4 Å². The number of rotatable bonds is 8. The van der Waals surface area contributed by atoms with Gasteiger partial charge in [0.15, 0.2) is 0 Å². The smallest absolute Gasteiger partial charge is 0.246 e. The van der Waals surface area contributed by atoms with E-state index in [0.717, 1.165) is 42.0 Å². The second kappa shape index (κ2) is 13.3. The Morgan fingerprint density at radius 1 is 1.00 bits per heavy atom. The number of fused-ring (bicyclic) bond motifs is 3. The van der Waals surface area contributed by atoms with Crippen molar-refractivity contribution in [2.24, 2.45) is 0 Å². The van der Waals surface area contributed by atoms with Crippen molar-refractivity contribution in [3.63, 3.8) is 0 Å². The van der Waals surface area contributed by atoms with Crippen LogP contribution in [0.25, 0.3) is 44.5 Å². The molecule has 5 aromatic rings. The number of hydrogen-bond acceptors (Lipinski definition) is 7. The summed E-state index contributed by atoms with van der Waals surface area (Å²) in [6.45, 7) is 9.49. The van der Waals surface area contributed by atoms with Crippen LogP contribution in [0.4, 0.5) is 13.2 Å². The maximum atomic E-state index is 16.2. The van der Waals surface area contributed by atoms with E-state index in [1.807, 2.05) is 19.1 Å². The van der Waals surface area contributed by atoms with Crippen LogP contribution in [-0.4, -0.2) is 75.9 Å². The molecule has 0 aliphatic carbocycles. The molecule has 0 fully saturated rings. The normalized spacial score (nSPS) is 17.5. The van der Waals surface area contributed by atoms with Gasteiger partial charge in [0.2, 0.25) is 5.91 Å². The molecule has 12 heteroatoms. The number of nitrogens with zero attached hydrogens (tertiary/aromatic N) is 6. The summed E-state index contributed by atoms with van der Waals surface area (Å²) in [5.41, 5.74) is 4.32. The summed E-state index contributed by atoms with van der Waals surface area (Å²) >= 11 is 0. The Morgan fingerprint density at radius 3 is 2.60 bits per heavy atom. The number of pyridine rings is 2. The van der Waals surface area contributed by atoms with Gasteiger partial charge in [0.25, 0.3) is 0 Å². The van der Waals surface area contributed by atoms with Crippen molar-refractivity contribution < 1.29 is 27.4 Å². The molecule has 2 atom stereocenters. The summed E-state index contributed by atoms with van der Waals surface area (Å²) < 4.78 is 60.0. The number of aromatic nitrogens is 4. The summed E-state index contributed by atoms with van der Waals surface area (Å²) in [6.07, 6.45) is 3.76. The van der Waals surface area contributed by atoms with Gasteiger partial charge in [-0.2, -0.15) is 5.10 Å². The van der Waals surface area contributed by atoms with Gasteiger partial charge < -0.3 is 14.4 Å². The molecule has 258 valence electrons. The summed E-state index contributed by atoms with van der Waals surface area (Å²) in [7, 11) is 3.54. The minimum absolute atomic E-state index is 0.0103. The van der Waals surface area contributed by atoms with E-state index in [-0.39, 0.29) is 59.2 Å². The highest BCUT2D eigenvalue weighted by Gasteiger charge is 2.32. The molecule has 7 rings (SSSR count). The third-order valence-corrected chi connectivity index (χ3v) is 9.84. The van der Waals surface area contributed by atoms with Gasteiger partial charge >= 0.3 is 0 Å². The van der Waals surface area contributed by atoms with Crippen LogP contribution in [-0.2, 0) is 22.5 Å². The van der Waals surface area contributed by atoms with E-state index in [1.165, 1.54) is 19.3 Å².